The average Bonchev–Trinajstić information content (AvgIpc) is 2.95. The maximum absolute atomic E-state index is 12.0. The van der Waals surface area contributed by atoms with Crippen LogP contribution in [0, 0.1) is 3.70 Å². The van der Waals surface area contributed by atoms with Gasteiger partial charge in [0.2, 0.25) is 5.91 Å². The van der Waals surface area contributed by atoms with Crippen LogP contribution in [0.25, 0.3) is 0 Å². The second-order valence-corrected chi connectivity index (χ2v) is 6.95. The number of carbonyl (C=O) groups excluding carboxylic acids is 1. The van der Waals surface area contributed by atoms with E-state index in [4.69, 9.17) is 0 Å². The molecule has 0 aliphatic carbocycles. The Morgan fingerprint density at radius 2 is 2.00 bits per heavy atom. The van der Waals surface area contributed by atoms with Gasteiger partial charge in [0.1, 0.15) is 10.2 Å². The number of likely N-dealkylation sites (tertiary alicyclic amines) is 1. The predicted molar refractivity (Wildman–Crippen MR) is 95.6 cm³/mol. The summed E-state index contributed by atoms with van der Waals surface area (Å²) < 4.78 is 2.37. The van der Waals surface area contributed by atoms with Gasteiger partial charge in [-0.05, 0) is 41.0 Å². The van der Waals surface area contributed by atoms with Crippen LogP contribution in [0.5, 0.6) is 0 Å². The Kier molecular flexibility index (Phi) is 5.60. The molecule has 1 aromatic carbocycles. The summed E-state index contributed by atoms with van der Waals surface area (Å²) >= 11 is 2.08. The largest absolute Gasteiger partial charge is 0.352 e. The standard InChI is InChI=1S/C16H20IN5O/c17-15-11-22(20-19-15)12-16(23)18-14-6-8-21(9-7-14)10-13-4-2-1-3-5-13/h1-5,11,14H,6-10,12H2,(H,18,23)/i17-4. The second-order valence-electron chi connectivity index (χ2n) is 5.84. The number of aromatic nitrogens is 3. The molecule has 6 nitrogen and oxygen atoms in total. The molecule has 2 aromatic rings. The zero-order valence-corrected chi connectivity index (χ0v) is 15.0. The molecule has 0 radical (unpaired) electrons. The molecule has 1 aromatic heterocycles. The van der Waals surface area contributed by atoms with Gasteiger partial charge >= 0.3 is 0 Å². The fourth-order valence-corrected chi connectivity index (χ4v) is 3.27. The average molecular weight is 421 g/mol. The fourth-order valence-electron chi connectivity index (χ4n) is 2.85. The molecule has 1 fully saturated rings. The van der Waals surface area contributed by atoms with E-state index in [0.717, 1.165) is 36.2 Å². The first-order valence-electron chi connectivity index (χ1n) is 7.80. The molecule has 1 saturated heterocycles. The highest BCUT2D eigenvalue weighted by atomic mass is 123. The molecule has 3 rings (SSSR count). The van der Waals surface area contributed by atoms with E-state index in [-0.39, 0.29) is 18.5 Å². The summed E-state index contributed by atoms with van der Waals surface area (Å²) in [5.41, 5.74) is 1.34. The number of piperidine rings is 1. The van der Waals surface area contributed by atoms with Crippen LogP contribution < -0.4 is 5.32 Å². The summed E-state index contributed by atoms with van der Waals surface area (Å²) in [6.07, 6.45) is 3.75. The molecule has 0 atom stereocenters. The third kappa shape index (κ3) is 5.00. The van der Waals surface area contributed by atoms with E-state index in [2.05, 4.69) is 67.4 Å². The number of rotatable bonds is 5. The minimum Gasteiger partial charge on any atom is -0.352 e. The van der Waals surface area contributed by atoms with Gasteiger partial charge in [-0.1, -0.05) is 35.5 Å². The van der Waals surface area contributed by atoms with Gasteiger partial charge in [0.15, 0.2) is 0 Å². The number of nitrogens with zero attached hydrogens (tertiary/aromatic N) is 4. The maximum Gasteiger partial charge on any atom is 0.242 e. The van der Waals surface area contributed by atoms with Gasteiger partial charge < -0.3 is 5.32 Å². The molecule has 7 heteroatoms. The van der Waals surface area contributed by atoms with Crippen molar-refractivity contribution in [1.29, 1.82) is 0 Å². The van der Waals surface area contributed by atoms with E-state index in [0.29, 0.717) is 0 Å². The zero-order chi connectivity index (χ0) is 16.1. The lowest BCUT2D eigenvalue weighted by Gasteiger charge is -2.32. The second kappa shape index (κ2) is 7.87. The molecular weight excluding hydrogens is 401 g/mol. The Morgan fingerprint density at radius 3 is 2.65 bits per heavy atom. The van der Waals surface area contributed by atoms with Gasteiger partial charge in [-0.15, -0.1) is 5.10 Å². The van der Waals surface area contributed by atoms with E-state index in [1.54, 1.807) is 10.9 Å². The van der Waals surface area contributed by atoms with Gasteiger partial charge in [0, 0.05) is 25.7 Å². The number of nitrogens with one attached hydrogen (secondary N) is 1. The molecule has 0 saturated carbocycles. The number of carbonyl (C=O) groups is 1. The van der Waals surface area contributed by atoms with Crippen LogP contribution >= 0.6 is 22.6 Å². The lowest BCUT2D eigenvalue weighted by atomic mass is 10.0. The van der Waals surface area contributed by atoms with Crippen molar-refractivity contribution >= 4 is 28.5 Å². The Bertz CT molecular complexity index is 637. The normalized spacial score (nSPS) is 16.4. The zero-order valence-electron chi connectivity index (χ0n) is 12.9. The first kappa shape index (κ1) is 16.4. The lowest BCUT2D eigenvalue weighted by molar-refractivity contribution is -0.122. The van der Waals surface area contributed by atoms with Crippen LogP contribution in [0.3, 0.4) is 0 Å². The monoisotopic (exact) mass is 421 g/mol. The highest BCUT2D eigenvalue weighted by molar-refractivity contribution is 14.1. The smallest absolute Gasteiger partial charge is 0.242 e. The van der Waals surface area contributed by atoms with Crippen LogP contribution in [0.4, 0.5) is 0 Å². The number of halogens is 1. The number of hydrogen-bond donors (Lipinski definition) is 1. The van der Waals surface area contributed by atoms with Crippen molar-refractivity contribution in [3.63, 3.8) is 0 Å². The van der Waals surface area contributed by atoms with Crippen LogP contribution in [0.15, 0.2) is 36.5 Å². The molecule has 1 aliphatic rings. The van der Waals surface area contributed by atoms with Gasteiger partial charge in [-0.25, -0.2) is 4.68 Å². The first-order valence-corrected chi connectivity index (χ1v) is 8.88. The van der Waals surface area contributed by atoms with Gasteiger partial charge in [-0.3, -0.25) is 9.69 Å². The van der Waals surface area contributed by atoms with Crippen molar-refractivity contribution in [3.8, 4) is 0 Å². The summed E-state index contributed by atoms with van der Waals surface area (Å²) in [6.45, 7) is 3.25. The number of hydrogen-bond acceptors (Lipinski definition) is 4. The topological polar surface area (TPSA) is 63.1 Å². The predicted octanol–water partition coefficient (Wildman–Crippen LogP) is 1.66. The SMILES string of the molecule is O=C(Cn1cc([123I])nn1)NC1CCN(Cc2ccccc2)CC1. The molecule has 1 N–H and O–H groups in total. The van der Waals surface area contributed by atoms with Crippen molar-refractivity contribution in [2.75, 3.05) is 13.1 Å². The van der Waals surface area contributed by atoms with Crippen molar-refractivity contribution < 1.29 is 4.79 Å². The molecule has 0 bridgehead atoms. The maximum atomic E-state index is 12.0. The highest BCUT2D eigenvalue weighted by Crippen LogP contribution is 2.13. The van der Waals surface area contributed by atoms with Crippen molar-refractivity contribution in [3.05, 3.63) is 45.8 Å². The third-order valence-corrected chi connectivity index (χ3v) is 4.51. The Labute approximate surface area is 149 Å². The van der Waals surface area contributed by atoms with Gasteiger partial charge in [-0.2, -0.15) is 0 Å². The Balaban J connectivity index is 1.41. The number of benzene rings is 1. The van der Waals surface area contributed by atoms with Crippen molar-refractivity contribution in [2.45, 2.75) is 32.0 Å². The lowest BCUT2D eigenvalue weighted by Crippen LogP contribution is -2.45. The van der Waals surface area contributed by atoms with E-state index < -0.39 is 0 Å². The van der Waals surface area contributed by atoms with E-state index in [1.165, 1.54) is 5.56 Å². The van der Waals surface area contributed by atoms with Crippen LogP contribution in [-0.2, 0) is 17.9 Å². The minimum absolute atomic E-state index is 0.00723. The molecule has 1 aliphatic heterocycles. The van der Waals surface area contributed by atoms with Crippen LogP contribution in [-0.4, -0.2) is 44.9 Å². The molecule has 122 valence electrons. The summed E-state index contributed by atoms with van der Waals surface area (Å²) in [5, 5.41) is 10.9. The van der Waals surface area contributed by atoms with E-state index >= 15 is 0 Å². The molecule has 0 unspecified atom stereocenters. The van der Waals surface area contributed by atoms with E-state index in [9.17, 15) is 4.79 Å². The highest BCUT2D eigenvalue weighted by Gasteiger charge is 2.20. The molecule has 23 heavy (non-hydrogen) atoms. The third-order valence-electron chi connectivity index (χ3n) is 4.02. The first-order chi connectivity index (χ1) is 11.2. The Hall–Kier alpha value is -1.48. The minimum atomic E-state index is 0.00723. The molecule has 2 heterocycles. The molecular formula is C16H20IN5O. The van der Waals surface area contributed by atoms with E-state index in [1.807, 2.05) is 6.07 Å². The molecule has 1 amide bonds. The van der Waals surface area contributed by atoms with Crippen molar-refractivity contribution in [2.24, 2.45) is 0 Å². The summed E-state index contributed by atoms with van der Waals surface area (Å²) in [5.74, 6) is 0.00723. The summed E-state index contributed by atoms with van der Waals surface area (Å²) in [6, 6.07) is 10.8. The van der Waals surface area contributed by atoms with Gasteiger partial charge in [0.25, 0.3) is 0 Å². The fraction of sp³-hybridized carbons (Fsp3) is 0.438. The Morgan fingerprint density at radius 1 is 1.26 bits per heavy atom. The molecule has 0 spiro atoms. The van der Waals surface area contributed by atoms with Crippen molar-refractivity contribution in [1.82, 2.24) is 25.2 Å². The van der Waals surface area contributed by atoms with Crippen LogP contribution in [0.1, 0.15) is 18.4 Å². The summed E-state index contributed by atoms with van der Waals surface area (Å²) in [7, 11) is 0. The van der Waals surface area contributed by atoms with Crippen LogP contribution in [0.2, 0.25) is 0 Å². The summed E-state index contributed by atoms with van der Waals surface area (Å²) in [4.78, 5) is 14.5. The number of amides is 1. The quantitative estimate of drug-likeness (QED) is 0.747. The van der Waals surface area contributed by atoms with Gasteiger partial charge in [0.05, 0.1) is 6.20 Å².